The second-order valence-electron chi connectivity index (χ2n) is 6.92. The number of amides is 1. The molecule has 0 radical (unpaired) electrons. The highest BCUT2D eigenvalue weighted by atomic mass is 32.1. The molecule has 148 valence electrons. The van der Waals surface area contributed by atoms with Crippen LogP contribution in [-0.2, 0) is 11.3 Å². The van der Waals surface area contributed by atoms with Crippen molar-refractivity contribution in [2.75, 3.05) is 5.32 Å². The van der Waals surface area contributed by atoms with Gasteiger partial charge in [-0.25, -0.2) is 9.67 Å². The molecule has 8 heteroatoms. The number of thiazole rings is 1. The first-order valence-electron chi connectivity index (χ1n) is 9.39. The van der Waals surface area contributed by atoms with Gasteiger partial charge in [0.25, 0.3) is 5.56 Å². The maximum absolute atomic E-state index is 12.6. The molecule has 0 aliphatic rings. The Kier molecular flexibility index (Phi) is 4.40. The van der Waals surface area contributed by atoms with Crippen molar-refractivity contribution >= 4 is 43.5 Å². The van der Waals surface area contributed by atoms with Crippen molar-refractivity contribution in [2.45, 2.75) is 13.5 Å². The van der Waals surface area contributed by atoms with Gasteiger partial charge in [-0.05, 0) is 42.1 Å². The van der Waals surface area contributed by atoms with Crippen LogP contribution in [0.5, 0.6) is 0 Å². The summed E-state index contributed by atoms with van der Waals surface area (Å²) in [6.07, 6.45) is 1.89. The number of benzene rings is 2. The molecule has 5 aromatic rings. The molecule has 0 saturated carbocycles. The van der Waals surface area contributed by atoms with E-state index in [-0.39, 0.29) is 18.0 Å². The first-order valence-corrected chi connectivity index (χ1v) is 10.2. The van der Waals surface area contributed by atoms with Crippen LogP contribution in [0.25, 0.3) is 26.9 Å². The van der Waals surface area contributed by atoms with Crippen LogP contribution in [0.1, 0.15) is 5.56 Å². The number of carbonyl (C=O) groups is 1. The Bertz CT molecular complexity index is 1460. The summed E-state index contributed by atoms with van der Waals surface area (Å²) >= 11 is 1.40. The maximum Gasteiger partial charge on any atom is 0.267 e. The second-order valence-corrected chi connectivity index (χ2v) is 7.95. The normalized spacial score (nSPS) is 11.2. The number of hydrogen-bond donors (Lipinski definition) is 1. The van der Waals surface area contributed by atoms with Crippen molar-refractivity contribution in [3.05, 3.63) is 82.8 Å². The standard InChI is InChI=1S/C22H17N5O2S/c1-14-5-4-8-17-21(14)24-22(30-17)23-19(28)13-27-20(29)10-9-18(25-27)26-12-11-15-6-2-3-7-16(15)26/h2-12H,13H2,1H3,(H,23,24,28). The Morgan fingerprint density at radius 1 is 1.07 bits per heavy atom. The maximum atomic E-state index is 12.6. The highest BCUT2D eigenvalue weighted by molar-refractivity contribution is 7.22. The molecule has 0 saturated heterocycles. The number of nitrogens with zero attached hydrogens (tertiary/aromatic N) is 4. The van der Waals surface area contributed by atoms with Crippen LogP contribution in [-0.4, -0.2) is 25.2 Å². The van der Waals surface area contributed by atoms with Gasteiger partial charge in [-0.15, -0.1) is 0 Å². The summed E-state index contributed by atoms with van der Waals surface area (Å²) in [5.74, 6) is 0.218. The van der Waals surface area contributed by atoms with E-state index in [0.717, 1.165) is 31.4 Å². The molecule has 3 aromatic heterocycles. The van der Waals surface area contributed by atoms with Crippen molar-refractivity contribution in [1.29, 1.82) is 0 Å². The van der Waals surface area contributed by atoms with Gasteiger partial charge in [0.05, 0.1) is 15.7 Å². The first kappa shape index (κ1) is 18.3. The smallest absolute Gasteiger partial charge is 0.267 e. The van der Waals surface area contributed by atoms with E-state index in [2.05, 4.69) is 15.4 Å². The van der Waals surface area contributed by atoms with Crippen molar-refractivity contribution < 1.29 is 4.79 Å². The fourth-order valence-corrected chi connectivity index (χ4v) is 4.36. The molecule has 30 heavy (non-hydrogen) atoms. The first-order chi connectivity index (χ1) is 14.6. The van der Waals surface area contributed by atoms with Gasteiger partial charge in [0, 0.05) is 12.3 Å². The Hall–Kier alpha value is -3.78. The van der Waals surface area contributed by atoms with Gasteiger partial charge in [-0.1, -0.05) is 41.7 Å². The molecule has 0 aliphatic heterocycles. The van der Waals surface area contributed by atoms with Crippen molar-refractivity contribution in [2.24, 2.45) is 0 Å². The number of aryl methyl sites for hydroxylation is 1. The monoisotopic (exact) mass is 415 g/mol. The average molecular weight is 415 g/mol. The molecule has 0 fully saturated rings. The molecule has 5 rings (SSSR count). The van der Waals surface area contributed by atoms with E-state index in [1.54, 1.807) is 6.07 Å². The highest BCUT2D eigenvalue weighted by Crippen LogP contribution is 2.27. The Labute approximate surface area is 175 Å². The SMILES string of the molecule is Cc1cccc2sc(NC(=O)Cn3nc(-n4ccc5ccccc54)ccc3=O)nc12. The minimum absolute atomic E-state index is 0.194. The molecule has 1 N–H and O–H groups in total. The van der Waals surface area contributed by atoms with Gasteiger partial charge in [0.15, 0.2) is 10.9 Å². The highest BCUT2D eigenvalue weighted by Gasteiger charge is 2.12. The summed E-state index contributed by atoms with van der Waals surface area (Å²) in [5.41, 5.74) is 2.55. The van der Waals surface area contributed by atoms with E-state index in [1.807, 2.05) is 66.2 Å². The van der Waals surface area contributed by atoms with Crippen LogP contribution in [0.15, 0.2) is 71.7 Å². The molecular formula is C22H17N5O2S. The zero-order valence-corrected chi connectivity index (χ0v) is 16.9. The molecule has 0 atom stereocenters. The zero-order chi connectivity index (χ0) is 20.7. The van der Waals surface area contributed by atoms with Gasteiger partial charge in [0.2, 0.25) is 5.91 Å². The van der Waals surface area contributed by atoms with E-state index in [4.69, 9.17) is 0 Å². The van der Waals surface area contributed by atoms with Crippen LogP contribution < -0.4 is 10.9 Å². The van der Waals surface area contributed by atoms with Crippen molar-refractivity contribution in [3.8, 4) is 5.82 Å². The predicted molar refractivity (Wildman–Crippen MR) is 118 cm³/mol. The minimum atomic E-state index is -0.351. The van der Waals surface area contributed by atoms with Gasteiger partial charge >= 0.3 is 0 Å². The Balaban J connectivity index is 1.41. The van der Waals surface area contributed by atoms with E-state index >= 15 is 0 Å². The van der Waals surface area contributed by atoms with E-state index in [9.17, 15) is 9.59 Å². The number of carbonyl (C=O) groups excluding carboxylic acids is 1. The molecule has 3 heterocycles. The molecule has 0 bridgehead atoms. The van der Waals surface area contributed by atoms with Gasteiger partial charge < -0.3 is 5.32 Å². The summed E-state index contributed by atoms with van der Waals surface area (Å²) in [7, 11) is 0. The largest absolute Gasteiger partial charge is 0.300 e. The van der Waals surface area contributed by atoms with Crippen LogP contribution in [0.3, 0.4) is 0 Å². The second kappa shape index (κ2) is 7.23. The summed E-state index contributed by atoms with van der Waals surface area (Å²) in [6.45, 7) is 1.79. The van der Waals surface area contributed by atoms with Crippen LogP contribution >= 0.6 is 11.3 Å². The van der Waals surface area contributed by atoms with E-state index in [1.165, 1.54) is 17.4 Å². The summed E-state index contributed by atoms with van der Waals surface area (Å²) in [5, 5.41) is 8.75. The number of fused-ring (bicyclic) bond motifs is 2. The fraction of sp³-hybridized carbons (Fsp3) is 0.0909. The third-order valence-electron chi connectivity index (χ3n) is 4.86. The lowest BCUT2D eigenvalue weighted by Gasteiger charge is -2.08. The number of hydrogen-bond acceptors (Lipinski definition) is 5. The number of aromatic nitrogens is 4. The molecule has 0 aliphatic carbocycles. The predicted octanol–water partition coefficient (Wildman–Crippen LogP) is 3.74. The fourth-order valence-electron chi connectivity index (χ4n) is 3.40. The number of anilines is 1. The molecule has 7 nitrogen and oxygen atoms in total. The van der Waals surface area contributed by atoms with Gasteiger partial charge in [-0.3, -0.25) is 14.2 Å². The molecular weight excluding hydrogens is 398 g/mol. The third kappa shape index (κ3) is 3.27. The van der Waals surface area contributed by atoms with Gasteiger partial charge in [0.1, 0.15) is 6.54 Å². The molecule has 2 aromatic carbocycles. The van der Waals surface area contributed by atoms with Crippen LogP contribution in [0.4, 0.5) is 5.13 Å². The lowest BCUT2D eigenvalue weighted by molar-refractivity contribution is -0.117. The molecule has 0 spiro atoms. The van der Waals surface area contributed by atoms with E-state index < -0.39 is 0 Å². The van der Waals surface area contributed by atoms with Crippen molar-refractivity contribution in [1.82, 2.24) is 19.3 Å². The number of rotatable bonds is 4. The molecule has 1 amide bonds. The van der Waals surface area contributed by atoms with Crippen molar-refractivity contribution in [3.63, 3.8) is 0 Å². The summed E-state index contributed by atoms with van der Waals surface area (Å²) < 4.78 is 4.06. The molecule has 0 unspecified atom stereocenters. The van der Waals surface area contributed by atoms with Crippen LogP contribution in [0, 0.1) is 6.92 Å². The van der Waals surface area contributed by atoms with E-state index in [0.29, 0.717) is 10.9 Å². The third-order valence-corrected chi connectivity index (χ3v) is 5.80. The number of nitrogens with one attached hydrogen (secondary N) is 1. The minimum Gasteiger partial charge on any atom is -0.300 e. The number of para-hydroxylation sites is 2. The lowest BCUT2D eigenvalue weighted by Crippen LogP contribution is -2.29. The topological polar surface area (TPSA) is 81.8 Å². The zero-order valence-electron chi connectivity index (χ0n) is 16.1. The average Bonchev–Trinajstić information content (AvgIpc) is 3.34. The Morgan fingerprint density at radius 2 is 1.93 bits per heavy atom. The van der Waals surface area contributed by atoms with Crippen LogP contribution in [0.2, 0.25) is 0 Å². The Morgan fingerprint density at radius 3 is 2.80 bits per heavy atom. The summed E-state index contributed by atoms with van der Waals surface area (Å²) in [4.78, 5) is 29.3. The lowest BCUT2D eigenvalue weighted by atomic mass is 10.2. The van der Waals surface area contributed by atoms with Gasteiger partial charge in [-0.2, -0.15) is 5.10 Å². The quantitative estimate of drug-likeness (QED) is 0.485. The summed E-state index contributed by atoms with van der Waals surface area (Å²) in [6, 6.07) is 18.9.